The van der Waals surface area contributed by atoms with E-state index in [1.807, 2.05) is 23.1 Å². The summed E-state index contributed by atoms with van der Waals surface area (Å²) in [6.07, 6.45) is 14.4. The Hall–Kier alpha value is -1.42. The van der Waals surface area contributed by atoms with E-state index in [4.69, 9.17) is 12.2 Å². The lowest BCUT2D eigenvalue weighted by Gasteiger charge is -2.36. The van der Waals surface area contributed by atoms with Gasteiger partial charge in [-0.1, -0.05) is 101 Å². The van der Waals surface area contributed by atoms with Crippen LogP contribution in [-0.2, 0) is 17.8 Å². The monoisotopic (exact) mass is 389 g/mol. The Morgan fingerprint density at radius 1 is 1.00 bits per heavy atom. The molecule has 0 aromatic heterocycles. The summed E-state index contributed by atoms with van der Waals surface area (Å²) in [7, 11) is 0. The van der Waals surface area contributed by atoms with E-state index >= 15 is 0 Å². The Bertz CT molecular complexity index is 602. The van der Waals surface area contributed by atoms with E-state index in [9.17, 15) is 9.90 Å². The molecule has 1 aliphatic heterocycles. The minimum atomic E-state index is -0.769. The number of benzene rings is 1. The van der Waals surface area contributed by atoms with Gasteiger partial charge in [0.25, 0.3) is 0 Å². The maximum Gasteiger partial charge on any atom is 0.326 e. The first kappa shape index (κ1) is 21.9. The third-order valence-corrected chi connectivity index (χ3v) is 6.04. The van der Waals surface area contributed by atoms with E-state index in [-0.39, 0.29) is 0 Å². The van der Waals surface area contributed by atoms with Gasteiger partial charge in [0.2, 0.25) is 0 Å². The summed E-state index contributed by atoms with van der Waals surface area (Å²) in [5.41, 5.74) is 2.35. The van der Waals surface area contributed by atoms with Crippen LogP contribution in [0.4, 0.5) is 0 Å². The summed E-state index contributed by atoms with van der Waals surface area (Å²) in [6.45, 7) is 2.88. The molecule has 1 unspecified atom stereocenters. The number of thiocarbonyl (C=S) groups is 1. The second-order valence-electron chi connectivity index (χ2n) is 7.78. The van der Waals surface area contributed by atoms with Crippen molar-refractivity contribution in [3.63, 3.8) is 0 Å². The lowest BCUT2D eigenvalue weighted by Crippen LogP contribution is -2.48. The third kappa shape index (κ3) is 7.25. The molecule has 0 spiro atoms. The molecule has 27 heavy (non-hydrogen) atoms. The maximum atomic E-state index is 11.7. The zero-order valence-electron chi connectivity index (χ0n) is 16.8. The highest BCUT2D eigenvalue weighted by atomic mass is 32.1. The molecule has 4 heteroatoms. The van der Waals surface area contributed by atoms with Crippen LogP contribution in [0.25, 0.3) is 0 Å². The molecule has 0 aliphatic carbocycles. The van der Waals surface area contributed by atoms with Gasteiger partial charge in [0, 0.05) is 13.0 Å². The van der Waals surface area contributed by atoms with Crippen molar-refractivity contribution in [2.24, 2.45) is 0 Å². The molecule has 3 nitrogen and oxygen atoms in total. The molecule has 150 valence electrons. The van der Waals surface area contributed by atoms with Crippen LogP contribution in [0.15, 0.2) is 24.3 Å². The van der Waals surface area contributed by atoms with Gasteiger partial charge in [-0.2, -0.15) is 0 Å². The third-order valence-electron chi connectivity index (χ3n) is 5.60. The van der Waals surface area contributed by atoms with Crippen molar-refractivity contribution in [2.75, 3.05) is 0 Å². The van der Waals surface area contributed by atoms with Gasteiger partial charge in [0.1, 0.15) is 6.04 Å². The molecule has 1 aromatic carbocycles. The number of carboxylic acid groups (broad SMARTS) is 1. The SMILES string of the molecule is CCCCCCCCCCCCC(=S)N1Cc2ccccc2CC1C(=O)O. The number of aliphatic carboxylic acids is 1. The fourth-order valence-corrected chi connectivity index (χ4v) is 4.25. The first-order chi connectivity index (χ1) is 13.1. The number of hydrogen-bond acceptors (Lipinski definition) is 2. The minimum Gasteiger partial charge on any atom is -0.480 e. The van der Waals surface area contributed by atoms with Gasteiger partial charge >= 0.3 is 5.97 Å². The molecular formula is C23H35NO2S. The molecule has 0 fully saturated rings. The molecule has 1 heterocycles. The summed E-state index contributed by atoms with van der Waals surface area (Å²) < 4.78 is 0. The molecule has 1 aliphatic rings. The zero-order valence-corrected chi connectivity index (χ0v) is 17.6. The predicted octanol–water partition coefficient (Wildman–Crippen LogP) is 6.14. The van der Waals surface area contributed by atoms with E-state index in [0.717, 1.165) is 23.4 Å². The Labute approximate surface area is 170 Å². The van der Waals surface area contributed by atoms with E-state index in [2.05, 4.69) is 13.0 Å². The molecule has 1 N–H and O–H groups in total. The first-order valence-corrected chi connectivity index (χ1v) is 11.1. The standard InChI is InChI=1S/C23H35NO2S/c1-2-3-4-5-6-7-8-9-10-11-16-22(27)24-18-20-15-13-12-14-19(20)17-21(24)23(25)26/h12-15,21H,2-11,16-18H2,1H3,(H,25,26). The van der Waals surface area contributed by atoms with Crippen LogP contribution in [0.1, 0.15) is 88.7 Å². The molecule has 1 atom stereocenters. The lowest BCUT2D eigenvalue weighted by atomic mass is 9.93. The average molecular weight is 390 g/mol. The number of rotatable bonds is 12. The highest BCUT2D eigenvalue weighted by molar-refractivity contribution is 7.80. The molecule has 1 aromatic rings. The van der Waals surface area contributed by atoms with E-state index < -0.39 is 12.0 Å². The van der Waals surface area contributed by atoms with Gasteiger partial charge in [-0.3, -0.25) is 0 Å². The normalized spacial score (nSPS) is 16.2. The van der Waals surface area contributed by atoms with Crippen molar-refractivity contribution in [3.05, 3.63) is 35.4 Å². The maximum absolute atomic E-state index is 11.7. The number of fused-ring (bicyclic) bond motifs is 1. The quantitative estimate of drug-likeness (QED) is 0.344. The highest BCUT2D eigenvalue weighted by Crippen LogP contribution is 2.25. The van der Waals surface area contributed by atoms with Crippen LogP contribution in [0.2, 0.25) is 0 Å². The summed E-state index contributed by atoms with van der Waals surface area (Å²) >= 11 is 5.62. The van der Waals surface area contributed by atoms with Gasteiger partial charge in [0.05, 0.1) is 4.99 Å². The number of nitrogens with zero attached hydrogens (tertiary/aromatic N) is 1. The Kier molecular flexibility index (Phi) is 9.82. The smallest absolute Gasteiger partial charge is 0.326 e. The lowest BCUT2D eigenvalue weighted by molar-refractivity contribution is -0.142. The topological polar surface area (TPSA) is 40.5 Å². The summed E-state index contributed by atoms with van der Waals surface area (Å²) in [5, 5.41) is 9.63. The second kappa shape index (κ2) is 12.1. The largest absolute Gasteiger partial charge is 0.480 e. The molecule has 0 bridgehead atoms. The van der Waals surface area contributed by atoms with E-state index in [1.165, 1.54) is 63.4 Å². The van der Waals surface area contributed by atoms with Crippen molar-refractivity contribution in [1.29, 1.82) is 0 Å². The van der Waals surface area contributed by atoms with Gasteiger partial charge < -0.3 is 10.0 Å². The van der Waals surface area contributed by atoms with Crippen molar-refractivity contribution in [1.82, 2.24) is 4.90 Å². The molecule has 0 radical (unpaired) electrons. The average Bonchev–Trinajstić information content (AvgIpc) is 2.68. The minimum absolute atomic E-state index is 0.518. The van der Waals surface area contributed by atoms with E-state index in [0.29, 0.717) is 13.0 Å². The van der Waals surface area contributed by atoms with Gasteiger partial charge in [-0.05, 0) is 24.0 Å². The number of carbonyl (C=O) groups is 1. The summed E-state index contributed by atoms with van der Waals surface area (Å²) in [5.74, 6) is -0.769. The summed E-state index contributed by atoms with van der Waals surface area (Å²) in [4.78, 5) is 14.5. The number of unbranched alkanes of at least 4 members (excludes halogenated alkanes) is 9. The highest BCUT2D eigenvalue weighted by Gasteiger charge is 2.32. The predicted molar refractivity (Wildman–Crippen MR) is 116 cm³/mol. The van der Waals surface area contributed by atoms with Crippen LogP contribution >= 0.6 is 12.2 Å². The summed E-state index contributed by atoms with van der Waals surface area (Å²) in [6, 6.07) is 7.60. The van der Waals surface area contributed by atoms with Gasteiger partial charge in [-0.15, -0.1) is 0 Å². The van der Waals surface area contributed by atoms with Crippen molar-refractivity contribution in [2.45, 2.75) is 96.6 Å². The van der Waals surface area contributed by atoms with Crippen LogP contribution in [-0.4, -0.2) is 27.0 Å². The molecule has 0 saturated heterocycles. The van der Waals surface area contributed by atoms with Gasteiger partial charge in [0.15, 0.2) is 0 Å². The Balaban J connectivity index is 1.68. The van der Waals surface area contributed by atoms with E-state index in [1.54, 1.807) is 0 Å². The van der Waals surface area contributed by atoms with Crippen LogP contribution in [0, 0.1) is 0 Å². The van der Waals surface area contributed by atoms with Crippen LogP contribution < -0.4 is 0 Å². The number of carboxylic acids is 1. The van der Waals surface area contributed by atoms with Crippen molar-refractivity contribution in [3.8, 4) is 0 Å². The first-order valence-electron chi connectivity index (χ1n) is 10.7. The number of hydrogen-bond donors (Lipinski definition) is 1. The second-order valence-corrected chi connectivity index (χ2v) is 8.25. The molecule has 2 rings (SSSR count). The fraction of sp³-hybridized carbons (Fsp3) is 0.652. The molecular weight excluding hydrogens is 354 g/mol. The van der Waals surface area contributed by atoms with Crippen LogP contribution in [0.3, 0.4) is 0 Å². The van der Waals surface area contributed by atoms with Crippen LogP contribution in [0.5, 0.6) is 0 Å². The fourth-order valence-electron chi connectivity index (χ4n) is 3.91. The van der Waals surface area contributed by atoms with Crippen molar-refractivity contribution >= 4 is 23.2 Å². The zero-order chi connectivity index (χ0) is 19.5. The molecule has 0 saturated carbocycles. The Morgan fingerprint density at radius 2 is 1.56 bits per heavy atom. The Morgan fingerprint density at radius 3 is 2.15 bits per heavy atom. The van der Waals surface area contributed by atoms with Crippen molar-refractivity contribution < 1.29 is 9.90 Å². The molecule has 0 amide bonds. The van der Waals surface area contributed by atoms with Gasteiger partial charge in [-0.25, -0.2) is 4.79 Å².